The predicted molar refractivity (Wildman–Crippen MR) is 252 cm³/mol. The van der Waals surface area contributed by atoms with Gasteiger partial charge >= 0.3 is 6.09 Å². The summed E-state index contributed by atoms with van der Waals surface area (Å²) in [5.41, 5.74) is 0.287. The van der Waals surface area contributed by atoms with Gasteiger partial charge in [0.15, 0.2) is 24.1 Å². The minimum atomic E-state index is -1.98. The molecule has 64 heavy (non-hydrogen) atoms. The van der Waals surface area contributed by atoms with Crippen LogP contribution in [0.2, 0.25) is 0 Å². The highest BCUT2D eigenvalue weighted by Gasteiger charge is 2.52. The number of fused-ring (bicyclic) bond motifs is 3. The van der Waals surface area contributed by atoms with Gasteiger partial charge in [-0.15, -0.1) is 5.92 Å². The lowest BCUT2D eigenvalue weighted by atomic mass is 9.72. The number of carbonyl (C=O) groups excluding carboxylic acids is 3. The molecule has 5 N–H and O–H groups in total. The van der Waals surface area contributed by atoms with Crippen molar-refractivity contribution < 1.29 is 48.3 Å². The third-order valence-corrected chi connectivity index (χ3v) is 13.3. The largest absolute Gasteiger partial charge is 0.508 e. The maximum absolute atomic E-state index is 15.0. The maximum Gasteiger partial charge on any atom is 0.411 e. The van der Waals surface area contributed by atoms with E-state index in [2.05, 4.69) is 58.1 Å². The summed E-state index contributed by atoms with van der Waals surface area (Å²) >= 11 is 11.1. The van der Waals surface area contributed by atoms with Crippen LogP contribution in [-0.2, 0) is 58.0 Å². The number of rotatable bonds is 12. The summed E-state index contributed by atoms with van der Waals surface area (Å²) < 4.78 is 31.8. The number of ketones is 2. The number of hydrogen-bond donors (Lipinski definition) is 5. The normalized spacial score (nSPS) is 27.6. The predicted octanol–water partition coefficient (Wildman–Crippen LogP) is 5.57. The number of nitrogens with zero attached hydrogens (tertiary/aromatic N) is 1. The zero-order valence-electron chi connectivity index (χ0n) is 37.2. The van der Waals surface area contributed by atoms with E-state index in [1.807, 2.05) is 6.92 Å². The molecular formula is C47H56N4O10S3. The van der Waals surface area contributed by atoms with Crippen LogP contribution in [0, 0.1) is 29.1 Å². The van der Waals surface area contributed by atoms with Crippen molar-refractivity contribution in [2.75, 3.05) is 19.1 Å². The summed E-state index contributed by atoms with van der Waals surface area (Å²) in [6.45, 7) is 11.4. The third-order valence-electron chi connectivity index (χ3n) is 11.7. The first-order valence-corrected chi connectivity index (χ1v) is 25.2. The molecule has 0 saturated carbocycles. The molecule has 0 bridgehead atoms. The van der Waals surface area contributed by atoms with Gasteiger partial charge in [0.05, 0.1) is 42.1 Å². The molecule has 7 unspecified atom stereocenters. The number of aromatic amines is 1. The number of ether oxygens (including phenoxy) is 5. The number of methoxy groups -OCH3 is 1. The summed E-state index contributed by atoms with van der Waals surface area (Å²) in [7, 11) is -0.818. The molecule has 2 aliphatic heterocycles. The van der Waals surface area contributed by atoms with Crippen LogP contribution in [0.25, 0.3) is 21.8 Å². The second-order valence-electron chi connectivity index (χ2n) is 16.8. The number of nitrogens with one attached hydrogen (secondary N) is 3. The van der Waals surface area contributed by atoms with Crippen molar-refractivity contribution in [2.24, 2.45) is 5.41 Å². The highest BCUT2D eigenvalue weighted by Crippen LogP contribution is 2.44. The fourth-order valence-electron chi connectivity index (χ4n) is 8.30. The van der Waals surface area contributed by atoms with Gasteiger partial charge < -0.3 is 44.2 Å². The van der Waals surface area contributed by atoms with Gasteiger partial charge in [-0.25, -0.2) is 4.79 Å². The molecule has 0 spiro atoms. The topological polar surface area (TPSA) is 191 Å². The van der Waals surface area contributed by atoms with Crippen LogP contribution in [-0.4, -0.2) is 112 Å². The first-order chi connectivity index (χ1) is 30.3. The molecule has 14 nitrogen and oxygen atoms in total. The van der Waals surface area contributed by atoms with Crippen LogP contribution < -0.4 is 10.6 Å². The van der Waals surface area contributed by atoms with E-state index in [-0.39, 0.29) is 70.9 Å². The van der Waals surface area contributed by atoms with Gasteiger partial charge in [-0.2, -0.15) is 0 Å². The Morgan fingerprint density at radius 2 is 1.89 bits per heavy atom. The van der Waals surface area contributed by atoms with E-state index < -0.39 is 61.4 Å². The number of aromatic hydroxyl groups is 1. The Balaban J connectivity index is 1.46. The highest BCUT2D eigenvalue weighted by molar-refractivity contribution is 8.56. The minimum Gasteiger partial charge on any atom is -0.508 e. The van der Waals surface area contributed by atoms with E-state index in [1.54, 1.807) is 69.6 Å². The van der Waals surface area contributed by atoms with Crippen molar-refractivity contribution in [1.29, 1.82) is 0 Å². The SMILES string of the molecule is CC#C/C=C\C#C[C@H](OC1OC(C)C(C)(C(=O)c2nccc3c2[nH]c2ccc(O)cc23)CC1OC1CCC(NC(C)C)C(C)O1)C1=C(NC(=O)OC)C(=O)C[C@H](O)/C1=C/CS(C)(=S)=S. The molecule has 6 rings (SSSR count). The molecule has 0 radical (unpaired) electrons. The summed E-state index contributed by atoms with van der Waals surface area (Å²) in [4.78, 5) is 49.5. The molecule has 4 heterocycles. The minimum absolute atomic E-state index is 0.0645. The molecule has 2 aromatic heterocycles. The zero-order chi connectivity index (χ0) is 46.5. The Kier molecular flexibility index (Phi) is 15.9. The molecule has 2 saturated heterocycles. The number of H-pyrrole nitrogens is 1. The molecule has 17 heteroatoms. The number of Topliss-reactive ketones (excluding diaryl/α,β-unsaturated/α-hetero) is 2. The lowest BCUT2D eigenvalue weighted by Gasteiger charge is -2.47. The van der Waals surface area contributed by atoms with Crippen LogP contribution in [0.1, 0.15) is 77.7 Å². The molecular weight excluding hydrogens is 877 g/mol. The third kappa shape index (κ3) is 11.3. The van der Waals surface area contributed by atoms with Crippen molar-refractivity contribution in [1.82, 2.24) is 20.6 Å². The fourth-order valence-corrected chi connectivity index (χ4v) is 9.19. The Morgan fingerprint density at radius 3 is 2.58 bits per heavy atom. The average Bonchev–Trinajstić information content (AvgIpc) is 3.60. The molecule has 1 aromatic carbocycles. The van der Waals surface area contributed by atoms with E-state index in [0.29, 0.717) is 17.3 Å². The molecule has 342 valence electrons. The average molecular weight is 933 g/mol. The maximum atomic E-state index is 15.0. The first-order valence-electron chi connectivity index (χ1n) is 21.1. The van der Waals surface area contributed by atoms with Crippen molar-refractivity contribution in [3.05, 3.63) is 71.2 Å². The lowest BCUT2D eigenvalue weighted by molar-refractivity contribution is -0.314. The van der Waals surface area contributed by atoms with Crippen molar-refractivity contribution in [2.45, 2.75) is 122 Å². The van der Waals surface area contributed by atoms with Gasteiger partial charge in [0, 0.05) is 52.3 Å². The lowest BCUT2D eigenvalue weighted by Crippen LogP contribution is -2.57. The first kappa shape index (κ1) is 48.9. The van der Waals surface area contributed by atoms with E-state index in [9.17, 15) is 19.8 Å². The summed E-state index contributed by atoms with van der Waals surface area (Å²) in [6, 6.07) is 7.05. The number of aliphatic hydroxyl groups excluding tert-OH is 1. The van der Waals surface area contributed by atoms with Crippen molar-refractivity contribution in [3.63, 3.8) is 0 Å². The number of benzene rings is 1. The van der Waals surface area contributed by atoms with E-state index in [0.717, 1.165) is 24.4 Å². The Labute approximate surface area is 383 Å². The molecule has 2 fully saturated rings. The molecule has 3 aliphatic rings. The van der Waals surface area contributed by atoms with Gasteiger partial charge in [-0.3, -0.25) is 19.9 Å². The van der Waals surface area contributed by atoms with E-state index in [4.69, 9.17) is 46.1 Å². The fraction of sp³-hybridized carbons (Fsp3) is 0.489. The molecule has 1 aliphatic carbocycles. The summed E-state index contributed by atoms with van der Waals surface area (Å²) in [5.74, 6) is 11.0. The van der Waals surface area contributed by atoms with Crippen LogP contribution in [0.15, 0.2) is 65.5 Å². The number of hydrogen-bond acceptors (Lipinski definition) is 14. The molecule has 1 amide bonds. The van der Waals surface area contributed by atoms with E-state index in [1.165, 1.54) is 6.08 Å². The molecule has 9 atom stereocenters. The second-order valence-corrected chi connectivity index (χ2v) is 24.0. The number of amides is 1. The summed E-state index contributed by atoms with van der Waals surface area (Å²) in [5, 5.41) is 29.3. The Morgan fingerprint density at radius 1 is 1.14 bits per heavy atom. The van der Waals surface area contributed by atoms with Crippen molar-refractivity contribution in [3.8, 4) is 29.4 Å². The van der Waals surface area contributed by atoms with E-state index >= 15 is 4.79 Å². The standard InChI is InChI=1S/C47H56N4O10S3/c1-9-10-11-12-13-14-37(40-31(20-22-64(8,62)63)35(53)24-36(54)42(40)51-46(56)57-7)61-45-38(60-39-18-17-33(27(4)58-39)49-26(2)3)25-47(6,28(5)59-45)44(55)43-41-30(19-21-48-43)32-23-29(52)15-16-34(32)50-41/h11-12,15-16,19-21,23,26-28,33,35,37-39,45,49-50,52-53H,17-18,22,24-25H2,1-8H3,(H,51,56)/b12-11-,31-20-/t27?,28?,33?,35-,37-,38?,39?,45?,47?/m0/s1. The van der Waals surface area contributed by atoms with Crippen LogP contribution in [0.3, 0.4) is 0 Å². The quantitative estimate of drug-likeness (QED) is 0.112. The number of allylic oxidation sites excluding steroid dienone is 3. The van der Waals surface area contributed by atoms with Crippen molar-refractivity contribution >= 4 is 69.0 Å². The Hall–Kier alpha value is -4.53. The highest BCUT2D eigenvalue weighted by atomic mass is 33.1. The summed E-state index contributed by atoms with van der Waals surface area (Å²) in [6.07, 6.45) is 1.40. The van der Waals surface area contributed by atoms with Gasteiger partial charge in [-0.05, 0) is 118 Å². The monoisotopic (exact) mass is 932 g/mol. The second kappa shape index (κ2) is 20.8. The van der Waals surface area contributed by atoms with Gasteiger partial charge in [0.1, 0.15) is 23.7 Å². The van der Waals surface area contributed by atoms with Crippen LogP contribution >= 0.6 is 0 Å². The van der Waals surface area contributed by atoms with Gasteiger partial charge in [-0.1, -0.05) is 44.8 Å². The van der Waals surface area contributed by atoms with Crippen LogP contribution in [0.4, 0.5) is 4.79 Å². The zero-order valence-corrected chi connectivity index (χ0v) is 39.6. The van der Waals surface area contributed by atoms with Crippen LogP contribution in [0.5, 0.6) is 5.75 Å². The number of phenolic OH excluding ortho intramolecular Hbond substituents is 1. The smallest absolute Gasteiger partial charge is 0.411 e. The van der Waals surface area contributed by atoms with Gasteiger partial charge in [0.25, 0.3) is 0 Å². The number of carbonyl (C=O) groups is 3. The number of aliphatic hydroxyl groups is 1. The number of aromatic nitrogens is 2. The Bertz CT molecular complexity index is 2620. The number of phenols is 1. The number of pyridine rings is 1. The number of alkyl carbamates (subject to hydrolysis) is 1. The molecule has 3 aromatic rings. The van der Waals surface area contributed by atoms with Gasteiger partial charge in [0.2, 0.25) is 0 Å².